The van der Waals surface area contributed by atoms with Crippen LogP contribution in [0, 0.1) is 6.92 Å². The van der Waals surface area contributed by atoms with Gasteiger partial charge in [0.2, 0.25) is 0 Å². The average molecular weight is 301 g/mol. The number of hydrogen-bond donors (Lipinski definition) is 2. The number of hydrogen-bond acceptors (Lipinski definition) is 4. The number of carboxylic acid groups (broad SMARTS) is 1. The molecule has 0 aliphatic carbocycles. The molecule has 21 heavy (non-hydrogen) atoms. The fraction of sp³-hybridized carbons (Fsp3) is 0.188. The van der Waals surface area contributed by atoms with Gasteiger partial charge in [0.1, 0.15) is 16.9 Å². The minimum Gasteiger partial charge on any atom is -0.478 e. The number of rotatable bonds is 5. The summed E-state index contributed by atoms with van der Waals surface area (Å²) < 4.78 is 5.66. The summed E-state index contributed by atoms with van der Waals surface area (Å²) >= 11 is 1.73. The third-order valence-electron chi connectivity index (χ3n) is 3.26. The summed E-state index contributed by atoms with van der Waals surface area (Å²) in [5.41, 5.74) is 0.860. The highest BCUT2D eigenvalue weighted by molar-refractivity contribution is 7.11. The van der Waals surface area contributed by atoms with Crippen molar-refractivity contribution in [2.45, 2.75) is 20.0 Å². The van der Waals surface area contributed by atoms with Crippen molar-refractivity contribution < 1.29 is 14.3 Å². The molecule has 0 unspecified atom stereocenters. The molecule has 2 heterocycles. The smallest absolute Gasteiger partial charge is 0.339 e. The predicted octanol–water partition coefficient (Wildman–Crippen LogP) is 3.79. The molecule has 108 valence electrons. The first kappa shape index (κ1) is 13.9. The van der Waals surface area contributed by atoms with Crippen LogP contribution in [0.25, 0.3) is 11.0 Å². The number of benzene rings is 1. The zero-order chi connectivity index (χ0) is 14.8. The van der Waals surface area contributed by atoms with Crippen molar-refractivity contribution in [3.8, 4) is 0 Å². The number of para-hydroxylation sites is 1. The van der Waals surface area contributed by atoms with Gasteiger partial charge in [0.05, 0.1) is 6.54 Å². The Balaban J connectivity index is 1.80. The third-order valence-corrected chi connectivity index (χ3v) is 4.26. The maximum atomic E-state index is 11.4. The minimum atomic E-state index is -0.955. The monoisotopic (exact) mass is 301 g/mol. The van der Waals surface area contributed by atoms with Crippen LogP contribution in [-0.4, -0.2) is 11.1 Å². The van der Waals surface area contributed by atoms with Gasteiger partial charge < -0.3 is 14.8 Å². The van der Waals surface area contributed by atoms with Gasteiger partial charge in [-0.15, -0.1) is 11.3 Å². The van der Waals surface area contributed by atoms with Crippen LogP contribution in [0.1, 0.15) is 25.9 Å². The van der Waals surface area contributed by atoms with Gasteiger partial charge in [-0.2, -0.15) is 0 Å². The Morgan fingerprint density at radius 3 is 2.76 bits per heavy atom. The lowest BCUT2D eigenvalue weighted by Crippen LogP contribution is -2.13. The lowest BCUT2D eigenvalue weighted by molar-refractivity contribution is 0.0696. The van der Waals surface area contributed by atoms with E-state index in [-0.39, 0.29) is 5.56 Å². The van der Waals surface area contributed by atoms with Crippen molar-refractivity contribution in [3.05, 3.63) is 57.5 Å². The minimum absolute atomic E-state index is 0.250. The Hall–Kier alpha value is -2.11. The van der Waals surface area contributed by atoms with Gasteiger partial charge in [0, 0.05) is 21.7 Å². The van der Waals surface area contributed by atoms with Crippen LogP contribution in [0.4, 0.5) is 0 Å². The Labute approximate surface area is 126 Å². The van der Waals surface area contributed by atoms with E-state index in [2.05, 4.69) is 24.4 Å². The van der Waals surface area contributed by atoms with Crippen LogP contribution in [0.3, 0.4) is 0 Å². The van der Waals surface area contributed by atoms with E-state index in [0.29, 0.717) is 29.8 Å². The second-order valence-corrected chi connectivity index (χ2v) is 6.19. The largest absolute Gasteiger partial charge is 0.478 e. The van der Waals surface area contributed by atoms with Gasteiger partial charge in [-0.3, -0.25) is 0 Å². The quantitative estimate of drug-likeness (QED) is 0.752. The first-order chi connectivity index (χ1) is 10.1. The van der Waals surface area contributed by atoms with E-state index < -0.39 is 5.97 Å². The number of carbonyl (C=O) groups is 1. The molecule has 3 aromatic rings. The molecule has 0 bridgehead atoms. The van der Waals surface area contributed by atoms with Crippen molar-refractivity contribution in [3.63, 3.8) is 0 Å². The van der Waals surface area contributed by atoms with Crippen LogP contribution in [0.2, 0.25) is 0 Å². The Morgan fingerprint density at radius 2 is 2.05 bits per heavy atom. The summed E-state index contributed by atoms with van der Waals surface area (Å²) in [6.07, 6.45) is 0. The van der Waals surface area contributed by atoms with Crippen LogP contribution < -0.4 is 5.32 Å². The van der Waals surface area contributed by atoms with Crippen molar-refractivity contribution in [1.29, 1.82) is 0 Å². The molecule has 0 fully saturated rings. The molecular weight excluding hydrogens is 286 g/mol. The number of aryl methyl sites for hydroxylation is 1. The molecule has 0 saturated heterocycles. The normalized spacial score (nSPS) is 11.1. The molecule has 0 aliphatic rings. The first-order valence-electron chi connectivity index (χ1n) is 6.65. The molecule has 0 aliphatic heterocycles. The number of thiophene rings is 1. The highest BCUT2D eigenvalue weighted by Gasteiger charge is 2.19. The van der Waals surface area contributed by atoms with Crippen molar-refractivity contribution in [2.75, 3.05) is 0 Å². The third kappa shape index (κ3) is 2.84. The van der Waals surface area contributed by atoms with Crippen molar-refractivity contribution >= 4 is 28.3 Å². The Kier molecular flexibility index (Phi) is 3.77. The van der Waals surface area contributed by atoms with E-state index in [1.165, 1.54) is 9.75 Å². The van der Waals surface area contributed by atoms with E-state index in [0.717, 1.165) is 0 Å². The van der Waals surface area contributed by atoms with Gasteiger partial charge in [-0.05, 0) is 25.1 Å². The second kappa shape index (κ2) is 5.71. The van der Waals surface area contributed by atoms with E-state index >= 15 is 0 Å². The number of aromatic carboxylic acids is 1. The summed E-state index contributed by atoms with van der Waals surface area (Å²) in [6.45, 7) is 3.16. The highest BCUT2D eigenvalue weighted by Crippen LogP contribution is 2.26. The molecule has 0 spiro atoms. The molecule has 2 N–H and O–H groups in total. The zero-order valence-corrected chi connectivity index (χ0v) is 12.4. The number of carboxylic acids is 1. The van der Waals surface area contributed by atoms with E-state index in [1.54, 1.807) is 23.5 Å². The van der Waals surface area contributed by atoms with E-state index in [9.17, 15) is 9.90 Å². The highest BCUT2D eigenvalue weighted by atomic mass is 32.1. The number of fused-ring (bicyclic) bond motifs is 1. The van der Waals surface area contributed by atoms with Crippen LogP contribution in [0.15, 0.2) is 40.8 Å². The number of nitrogens with one attached hydrogen (secondary N) is 1. The van der Waals surface area contributed by atoms with Gasteiger partial charge in [0.25, 0.3) is 0 Å². The molecule has 5 heteroatoms. The summed E-state index contributed by atoms with van der Waals surface area (Å²) in [5, 5.41) is 13.3. The lowest BCUT2D eigenvalue weighted by atomic mass is 10.1. The fourth-order valence-corrected chi connectivity index (χ4v) is 3.19. The molecule has 1 aromatic carbocycles. The van der Waals surface area contributed by atoms with Crippen LogP contribution in [-0.2, 0) is 13.1 Å². The number of furan rings is 1. The molecular formula is C16H15NO3S. The molecule has 2 aromatic heterocycles. The maximum absolute atomic E-state index is 11.4. The average Bonchev–Trinajstić information content (AvgIpc) is 3.02. The molecule has 0 saturated carbocycles. The molecule has 0 radical (unpaired) electrons. The van der Waals surface area contributed by atoms with Crippen LogP contribution >= 0.6 is 11.3 Å². The molecule has 0 atom stereocenters. The SMILES string of the molecule is Cc1ccc(CNCc2oc3ccccc3c2C(=O)O)s1. The summed E-state index contributed by atoms with van der Waals surface area (Å²) in [7, 11) is 0. The zero-order valence-electron chi connectivity index (χ0n) is 11.6. The lowest BCUT2D eigenvalue weighted by Gasteiger charge is -2.01. The van der Waals surface area contributed by atoms with Gasteiger partial charge >= 0.3 is 5.97 Å². The standard InChI is InChI=1S/C16H15NO3S/c1-10-6-7-11(21-10)8-17-9-14-15(16(18)19)12-4-2-3-5-13(12)20-14/h2-7,17H,8-9H2,1H3,(H,18,19). The van der Waals surface area contributed by atoms with Gasteiger partial charge in [-0.25, -0.2) is 4.79 Å². The summed E-state index contributed by atoms with van der Waals surface area (Å²) in [4.78, 5) is 13.9. The van der Waals surface area contributed by atoms with Gasteiger partial charge in [-0.1, -0.05) is 18.2 Å². The Bertz CT molecular complexity index is 788. The Morgan fingerprint density at radius 1 is 1.24 bits per heavy atom. The van der Waals surface area contributed by atoms with Crippen molar-refractivity contribution in [1.82, 2.24) is 5.32 Å². The van der Waals surface area contributed by atoms with Crippen LogP contribution in [0.5, 0.6) is 0 Å². The molecule has 3 rings (SSSR count). The first-order valence-corrected chi connectivity index (χ1v) is 7.46. The summed E-state index contributed by atoms with van der Waals surface area (Å²) in [5.74, 6) is -0.485. The summed E-state index contributed by atoms with van der Waals surface area (Å²) in [6, 6.07) is 11.4. The predicted molar refractivity (Wildman–Crippen MR) is 82.8 cm³/mol. The van der Waals surface area contributed by atoms with E-state index in [4.69, 9.17) is 4.42 Å². The topological polar surface area (TPSA) is 62.5 Å². The molecule has 0 amide bonds. The van der Waals surface area contributed by atoms with E-state index in [1.807, 2.05) is 12.1 Å². The fourth-order valence-electron chi connectivity index (χ4n) is 2.33. The molecule has 4 nitrogen and oxygen atoms in total. The second-order valence-electron chi connectivity index (χ2n) is 4.82. The van der Waals surface area contributed by atoms with Gasteiger partial charge in [0.15, 0.2) is 0 Å². The maximum Gasteiger partial charge on any atom is 0.339 e. The van der Waals surface area contributed by atoms with Crippen molar-refractivity contribution in [2.24, 2.45) is 0 Å².